The second kappa shape index (κ2) is 8.65. The molecule has 0 fully saturated rings. The fraction of sp³-hybridized carbons (Fsp3) is 0.471. The lowest BCUT2D eigenvalue weighted by molar-refractivity contribution is 0.299. The molecule has 1 heterocycles. The van der Waals surface area contributed by atoms with Crippen molar-refractivity contribution in [1.82, 2.24) is 14.8 Å². The highest BCUT2D eigenvalue weighted by Crippen LogP contribution is 2.40. The van der Waals surface area contributed by atoms with Crippen molar-refractivity contribution in [2.45, 2.75) is 18.9 Å². The molecule has 0 saturated carbocycles. The highest BCUT2D eigenvalue weighted by molar-refractivity contribution is 5.86. The van der Waals surface area contributed by atoms with Crippen molar-refractivity contribution >= 4 is 36.4 Å². The molecule has 2 aromatic rings. The van der Waals surface area contributed by atoms with Crippen LogP contribution in [0.2, 0.25) is 0 Å². The van der Waals surface area contributed by atoms with Gasteiger partial charge >= 0.3 is 0 Å². The number of nitrogens with zero attached hydrogens (tertiary/aromatic N) is 3. The molecule has 0 saturated heterocycles. The summed E-state index contributed by atoms with van der Waals surface area (Å²) in [6, 6.07) is 7.30. The maximum Gasteiger partial charge on any atom is 0.160 e. The third kappa shape index (κ3) is 3.66. The van der Waals surface area contributed by atoms with Gasteiger partial charge in [-0.25, -0.2) is 0 Å². The zero-order valence-corrected chi connectivity index (χ0v) is 17.0. The van der Waals surface area contributed by atoms with Crippen LogP contribution in [0, 0.1) is 0 Å². The molecule has 0 spiro atoms. The van der Waals surface area contributed by atoms with Crippen LogP contribution in [-0.2, 0) is 6.42 Å². The molecule has 1 aliphatic rings. The number of aryl methyl sites for hydroxylation is 1. The predicted octanol–water partition coefficient (Wildman–Crippen LogP) is 3.20. The third-order valence-electron chi connectivity index (χ3n) is 4.67. The Balaban J connectivity index is 0.00000156. The van der Waals surface area contributed by atoms with Gasteiger partial charge in [-0.1, -0.05) is 12.1 Å². The van der Waals surface area contributed by atoms with Crippen LogP contribution < -0.4 is 16.1 Å². The molecule has 1 atom stereocenters. The first-order chi connectivity index (χ1) is 11.1. The van der Waals surface area contributed by atoms with Gasteiger partial charge in [0, 0.05) is 27.2 Å². The Hall–Kier alpha value is -1.63. The van der Waals surface area contributed by atoms with Gasteiger partial charge in [0.1, 0.15) is 0 Å². The van der Waals surface area contributed by atoms with Crippen LogP contribution in [0.3, 0.4) is 0 Å². The van der Waals surface area contributed by atoms with Gasteiger partial charge in [0.2, 0.25) is 0 Å². The van der Waals surface area contributed by atoms with E-state index in [2.05, 4.69) is 58.4 Å². The SMILES string of the molecule is CNc1nn(NC)c(NC)c1-c1ccc2c(c1)C(N(C)C)CC2.Cl.Cl. The molecule has 1 unspecified atom stereocenters. The van der Waals surface area contributed by atoms with Crippen molar-refractivity contribution in [1.29, 1.82) is 0 Å². The molecule has 0 aliphatic heterocycles. The van der Waals surface area contributed by atoms with Gasteiger partial charge in [-0.15, -0.1) is 29.9 Å². The summed E-state index contributed by atoms with van der Waals surface area (Å²) in [5, 5.41) is 11.0. The largest absolute Gasteiger partial charge is 0.371 e. The summed E-state index contributed by atoms with van der Waals surface area (Å²) in [6.07, 6.45) is 2.35. The smallest absolute Gasteiger partial charge is 0.160 e. The molecule has 8 heteroatoms. The van der Waals surface area contributed by atoms with E-state index in [9.17, 15) is 0 Å². The standard InChI is InChI=1S/C17H26N6.2ClH/c1-18-16-15(17(19-2)23(20-3)21-16)12-7-6-11-8-9-14(22(4)5)13(11)10-12;;/h6-7,10,14,19-20H,8-9H2,1-5H3,(H,18,21);2*1H. The van der Waals surface area contributed by atoms with Gasteiger partial charge in [-0.3, -0.25) is 0 Å². The number of rotatable bonds is 5. The van der Waals surface area contributed by atoms with E-state index in [4.69, 9.17) is 0 Å². The number of nitrogens with one attached hydrogen (secondary N) is 3. The van der Waals surface area contributed by atoms with Crippen molar-refractivity contribution in [3.63, 3.8) is 0 Å². The van der Waals surface area contributed by atoms with Crippen LogP contribution >= 0.6 is 24.8 Å². The van der Waals surface area contributed by atoms with E-state index in [1.54, 1.807) is 4.79 Å². The van der Waals surface area contributed by atoms with Gasteiger partial charge in [0.25, 0.3) is 0 Å². The molecule has 140 valence electrons. The average molecular weight is 387 g/mol. The van der Waals surface area contributed by atoms with Crippen LogP contribution in [0.4, 0.5) is 11.6 Å². The van der Waals surface area contributed by atoms with Crippen LogP contribution in [0.5, 0.6) is 0 Å². The highest BCUT2D eigenvalue weighted by Gasteiger charge is 2.26. The minimum atomic E-state index is 0. The van der Waals surface area contributed by atoms with Crippen molar-refractivity contribution < 1.29 is 0 Å². The molecule has 3 rings (SSSR count). The van der Waals surface area contributed by atoms with Crippen molar-refractivity contribution in [3.8, 4) is 11.1 Å². The monoisotopic (exact) mass is 386 g/mol. The van der Waals surface area contributed by atoms with E-state index >= 15 is 0 Å². The lowest BCUT2D eigenvalue weighted by Gasteiger charge is -2.20. The third-order valence-corrected chi connectivity index (χ3v) is 4.67. The van der Waals surface area contributed by atoms with E-state index in [0.29, 0.717) is 6.04 Å². The highest BCUT2D eigenvalue weighted by atomic mass is 35.5. The molecule has 1 aromatic heterocycles. The molecule has 6 nitrogen and oxygen atoms in total. The van der Waals surface area contributed by atoms with Crippen LogP contribution in [0.15, 0.2) is 18.2 Å². The number of hydrogen-bond donors (Lipinski definition) is 3. The lowest BCUT2D eigenvalue weighted by atomic mass is 9.99. The van der Waals surface area contributed by atoms with E-state index in [-0.39, 0.29) is 24.8 Å². The fourth-order valence-corrected chi connectivity index (χ4v) is 3.53. The Morgan fingerprint density at radius 3 is 2.40 bits per heavy atom. The van der Waals surface area contributed by atoms with Crippen molar-refractivity contribution in [2.75, 3.05) is 51.3 Å². The molecule has 0 bridgehead atoms. The molecule has 0 amide bonds. The zero-order chi connectivity index (χ0) is 16.6. The predicted molar refractivity (Wildman–Crippen MR) is 111 cm³/mol. The summed E-state index contributed by atoms with van der Waals surface area (Å²) in [7, 11) is 10.00. The van der Waals surface area contributed by atoms with Crippen molar-refractivity contribution in [2.24, 2.45) is 0 Å². The van der Waals surface area contributed by atoms with Crippen LogP contribution in [0.1, 0.15) is 23.6 Å². The molecular formula is C17H28Cl2N6. The minimum Gasteiger partial charge on any atom is -0.371 e. The zero-order valence-electron chi connectivity index (χ0n) is 15.4. The number of halogens is 2. The number of anilines is 2. The number of hydrogen-bond acceptors (Lipinski definition) is 5. The van der Waals surface area contributed by atoms with E-state index < -0.39 is 0 Å². The van der Waals surface area contributed by atoms with E-state index in [1.165, 1.54) is 23.1 Å². The number of fused-ring (bicyclic) bond motifs is 1. The second-order valence-corrected chi connectivity index (χ2v) is 6.14. The molecule has 0 radical (unpaired) electrons. The molecule has 1 aromatic carbocycles. The van der Waals surface area contributed by atoms with E-state index in [0.717, 1.165) is 23.6 Å². The second-order valence-electron chi connectivity index (χ2n) is 6.14. The summed E-state index contributed by atoms with van der Waals surface area (Å²) >= 11 is 0. The van der Waals surface area contributed by atoms with Crippen LogP contribution in [-0.4, -0.2) is 50.0 Å². The first-order valence-corrected chi connectivity index (χ1v) is 8.06. The number of benzene rings is 1. The quantitative estimate of drug-likeness (QED) is 0.736. The lowest BCUT2D eigenvalue weighted by Crippen LogP contribution is -2.17. The summed E-state index contributed by atoms with van der Waals surface area (Å²) in [6.45, 7) is 0. The Bertz CT molecular complexity index is 713. The normalized spacial score (nSPS) is 15.2. The Morgan fingerprint density at radius 2 is 1.84 bits per heavy atom. The van der Waals surface area contributed by atoms with E-state index in [1.807, 2.05) is 21.1 Å². The first-order valence-electron chi connectivity index (χ1n) is 8.06. The fourth-order valence-electron chi connectivity index (χ4n) is 3.53. The maximum absolute atomic E-state index is 4.56. The molecule has 1 aliphatic carbocycles. The molecular weight excluding hydrogens is 359 g/mol. The molecule has 25 heavy (non-hydrogen) atoms. The number of aromatic nitrogens is 2. The van der Waals surface area contributed by atoms with Gasteiger partial charge in [-0.05, 0) is 49.7 Å². The Labute approximate surface area is 162 Å². The first kappa shape index (κ1) is 21.4. The Kier molecular flexibility index (Phi) is 7.41. The van der Waals surface area contributed by atoms with Crippen molar-refractivity contribution in [3.05, 3.63) is 29.3 Å². The summed E-state index contributed by atoms with van der Waals surface area (Å²) in [5.74, 6) is 1.82. The topological polar surface area (TPSA) is 57.2 Å². The van der Waals surface area contributed by atoms with Gasteiger partial charge < -0.3 is 21.0 Å². The summed E-state index contributed by atoms with van der Waals surface area (Å²) < 4.78 is 0. The summed E-state index contributed by atoms with van der Waals surface area (Å²) in [4.78, 5) is 4.07. The minimum absolute atomic E-state index is 0. The van der Waals surface area contributed by atoms with Gasteiger partial charge in [0.15, 0.2) is 11.6 Å². The van der Waals surface area contributed by atoms with Gasteiger partial charge in [-0.2, -0.15) is 4.79 Å². The Morgan fingerprint density at radius 1 is 1.12 bits per heavy atom. The maximum atomic E-state index is 4.56. The van der Waals surface area contributed by atoms with Gasteiger partial charge in [0.05, 0.1) is 5.56 Å². The molecule has 3 N–H and O–H groups in total. The van der Waals surface area contributed by atoms with Crippen LogP contribution in [0.25, 0.3) is 11.1 Å². The average Bonchev–Trinajstić information content (AvgIpc) is 3.14. The summed E-state index contributed by atoms with van der Waals surface area (Å²) in [5.41, 5.74) is 8.27.